The number of fused-ring (bicyclic) bond motifs is 1. The van der Waals surface area contributed by atoms with Crippen LogP contribution in [0.5, 0.6) is 5.75 Å². The van der Waals surface area contributed by atoms with E-state index in [0.717, 1.165) is 18.1 Å². The van der Waals surface area contributed by atoms with Crippen LogP contribution >= 0.6 is 0 Å². The van der Waals surface area contributed by atoms with E-state index in [2.05, 4.69) is 4.72 Å². The maximum atomic E-state index is 13.3. The van der Waals surface area contributed by atoms with E-state index in [0.29, 0.717) is 18.0 Å². The maximum absolute atomic E-state index is 13.3. The van der Waals surface area contributed by atoms with Crippen molar-refractivity contribution in [2.75, 3.05) is 11.3 Å². The summed E-state index contributed by atoms with van der Waals surface area (Å²) in [5.74, 6) is 0.137. The minimum atomic E-state index is -3.77. The van der Waals surface area contributed by atoms with E-state index < -0.39 is 15.8 Å². The average molecular weight is 307 g/mol. The lowest BCUT2D eigenvalue weighted by atomic mass is 10.1. The van der Waals surface area contributed by atoms with E-state index in [4.69, 9.17) is 4.74 Å². The molecule has 6 heteroatoms. The number of sulfonamides is 1. The van der Waals surface area contributed by atoms with Gasteiger partial charge in [0.05, 0.1) is 17.2 Å². The normalized spacial score (nSPS) is 13.6. The van der Waals surface area contributed by atoms with Crippen LogP contribution < -0.4 is 9.46 Å². The fourth-order valence-electron chi connectivity index (χ4n) is 2.28. The SMILES string of the molecule is Cc1cc(S(=O)(=O)Nc2cccc3c2OCC3)ccc1F. The van der Waals surface area contributed by atoms with Gasteiger partial charge in [-0.05, 0) is 42.3 Å². The number of ether oxygens (including phenoxy) is 1. The van der Waals surface area contributed by atoms with E-state index in [1.165, 1.54) is 19.1 Å². The molecule has 0 bridgehead atoms. The molecule has 1 N–H and O–H groups in total. The summed E-state index contributed by atoms with van der Waals surface area (Å²) in [6.45, 7) is 2.07. The van der Waals surface area contributed by atoms with Gasteiger partial charge in [0.15, 0.2) is 0 Å². The molecule has 0 aromatic heterocycles. The van der Waals surface area contributed by atoms with Gasteiger partial charge in [0.25, 0.3) is 10.0 Å². The van der Waals surface area contributed by atoms with Crippen LogP contribution in [-0.2, 0) is 16.4 Å². The molecule has 0 aliphatic carbocycles. The fourth-order valence-corrected chi connectivity index (χ4v) is 3.43. The molecule has 0 fully saturated rings. The van der Waals surface area contributed by atoms with Crippen LogP contribution in [-0.4, -0.2) is 15.0 Å². The van der Waals surface area contributed by atoms with Crippen LogP contribution in [0, 0.1) is 12.7 Å². The largest absolute Gasteiger partial charge is 0.491 e. The lowest BCUT2D eigenvalue weighted by Gasteiger charge is -2.12. The summed E-state index contributed by atoms with van der Waals surface area (Å²) >= 11 is 0. The number of benzene rings is 2. The first-order valence-corrected chi connectivity index (χ1v) is 7.99. The van der Waals surface area contributed by atoms with Crippen LogP contribution in [0.4, 0.5) is 10.1 Å². The Kier molecular flexibility index (Phi) is 3.33. The zero-order valence-corrected chi connectivity index (χ0v) is 12.2. The molecule has 0 unspecified atom stereocenters. The monoisotopic (exact) mass is 307 g/mol. The van der Waals surface area contributed by atoms with Gasteiger partial charge in [-0.1, -0.05) is 12.1 Å². The molecule has 0 amide bonds. The molecule has 2 aromatic carbocycles. The Morgan fingerprint density at radius 1 is 1.24 bits per heavy atom. The van der Waals surface area contributed by atoms with Gasteiger partial charge < -0.3 is 4.74 Å². The van der Waals surface area contributed by atoms with E-state index in [9.17, 15) is 12.8 Å². The molecule has 0 spiro atoms. The number of para-hydroxylation sites is 1. The second-order valence-corrected chi connectivity index (χ2v) is 6.59. The summed E-state index contributed by atoms with van der Waals surface area (Å²) in [7, 11) is -3.77. The van der Waals surface area contributed by atoms with Gasteiger partial charge in [-0.3, -0.25) is 4.72 Å². The lowest BCUT2D eigenvalue weighted by molar-refractivity contribution is 0.358. The fraction of sp³-hybridized carbons (Fsp3) is 0.200. The molecule has 1 heterocycles. The lowest BCUT2D eigenvalue weighted by Crippen LogP contribution is -2.14. The van der Waals surface area contributed by atoms with Gasteiger partial charge in [-0.15, -0.1) is 0 Å². The number of anilines is 1. The second-order valence-electron chi connectivity index (χ2n) is 4.91. The van der Waals surface area contributed by atoms with E-state index in [-0.39, 0.29) is 10.5 Å². The zero-order chi connectivity index (χ0) is 15.0. The summed E-state index contributed by atoms with van der Waals surface area (Å²) in [5.41, 5.74) is 1.67. The highest BCUT2D eigenvalue weighted by atomic mass is 32.2. The van der Waals surface area contributed by atoms with Crippen molar-refractivity contribution in [3.63, 3.8) is 0 Å². The average Bonchev–Trinajstić information content (AvgIpc) is 2.91. The summed E-state index contributed by atoms with van der Waals surface area (Å²) in [6.07, 6.45) is 0.764. The van der Waals surface area contributed by atoms with Crippen molar-refractivity contribution < 1.29 is 17.5 Å². The Hall–Kier alpha value is -2.08. The predicted molar refractivity (Wildman–Crippen MR) is 77.6 cm³/mol. The minimum absolute atomic E-state index is 0.0250. The quantitative estimate of drug-likeness (QED) is 0.948. The standard InChI is InChI=1S/C15H14FNO3S/c1-10-9-12(5-6-13(10)16)21(18,19)17-14-4-2-3-11-7-8-20-15(11)14/h2-6,9,17H,7-8H2,1H3. The highest BCUT2D eigenvalue weighted by Crippen LogP contribution is 2.34. The van der Waals surface area contributed by atoms with Crippen LogP contribution in [0.1, 0.15) is 11.1 Å². The van der Waals surface area contributed by atoms with Crippen LogP contribution in [0.2, 0.25) is 0 Å². The van der Waals surface area contributed by atoms with E-state index in [1.807, 2.05) is 6.07 Å². The predicted octanol–water partition coefficient (Wildman–Crippen LogP) is 2.87. The molecule has 1 aliphatic rings. The Morgan fingerprint density at radius 3 is 2.81 bits per heavy atom. The molecule has 0 saturated heterocycles. The molecule has 0 radical (unpaired) electrons. The third-order valence-electron chi connectivity index (χ3n) is 3.40. The van der Waals surface area contributed by atoms with Crippen LogP contribution in [0.3, 0.4) is 0 Å². The Bertz CT molecular complexity index is 803. The third kappa shape index (κ3) is 2.58. The number of nitrogens with one attached hydrogen (secondary N) is 1. The Morgan fingerprint density at radius 2 is 2.05 bits per heavy atom. The Balaban J connectivity index is 1.97. The topological polar surface area (TPSA) is 55.4 Å². The summed E-state index contributed by atoms with van der Waals surface area (Å²) < 4.78 is 46.0. The van der Waals surface area contributed by atoms with Crippen molar-refractivity contribution in [3.05, 3.63) is 53.3 Å². The van der Waals surface area contributed by atoms with E-state index in [1.54, 1.807) is 12.1 Å². The molecule has 110 valence electrons. The molecular weight excluding hydrogens is 293 g/mol. The molecule has 21 heavy (non-hydrogen) atoms. The van der Waals surface area contributed by atoms with Gasteiger partial charge in [-0.2, -0.15) is 0 Å². The molecule has 3 rings (SSSR count). The first-order valence-electron chi connectivity index (χ1n) is 6.51. The maximum Gasteiger partial charge on any atom is 0.262 e. The first-order chi connectivity index (χ1) is 9.97. The van der Waals surface area contributed by atoms with Crippen molar-refractivity contribution in [3.8, 4) is 5.75 Å². The molecule has 4 nitrogen and oxygen atoms in total. The van der Waals surface area contributed by atoms with Crippen LogP contribution in [0.15, 0.2) is 41.3 Å². The van der Waals surface area contributed by atoms with Gasteiger partial charge in [-0.25, -0.2) is 12.8 Å². The summed E-state index contributed by atoms with van der Waals surface area (Å²) in [4.78, 5) is 0.0250. The highest BCUT2D eigenvalue weighted by Gasteiger charge is 2.21. The number of halogens is 1. The van der Waals surface area contributed by atoms with Crippen LogP contribution in [0.25, 0.3) is 0 Å². The molecular formula is C15H14FNO3S. The Labute approximate surface area is 122 Å². The van der Waals surface area contributed by atoms with Gasteiger partial charge in [0.1, 0.15) is 11.6 Å². The molecule has 0 atom stereocenters. The molecule has 1 aliphatic heterocycles. The van der Waals surface area contributed by atoms with Crippen molar-refractivity contribution in [2.24, 2.45) is 0 Å². The van der Waals surface area contributed by atoms with Crippen molar-refractivity contribution in [2.45, 2.75) is 18.2 Å². The smallest absolute Gasteiger partial charge is 0.262 e. The number of rotatable bonds is 3. The number of hydrogen-bond donors (Lipinski definition) is 1. The zero-order valence-electron chi connectivity index (χ0n) is 11.4. The molecule has 2 aromatic rings. The summed E-state index contributed by atoms with van der Waals surface area (Å²) in [6, 6.07) is 9.04. The van der Waals surface area contributed by atoms with Crippen molar-refractivity contribution in [1.82, 2.24) is 0 Å². The third-order valence-corrected chi connectivity index (χ3v) is 4.76. The summed E-state index contributed by atoms with van der Waals surface area (Å²) in [5, 5.41) is 0. The van der Waals surface area contributed by atoms with Gasteiger partial charge in [0, 0.05) is 6.42 Å². The van der Waals surface area contributed by atoms with Crippen molar-refractivity contribution >= 4 is 15.7 Å². The number of hydrogen-bond acceptors (Lipinski definition) is 3. The first kappa shape index (κ1) is 13.9. The van der Waals surface area contributed by atoms with Crippen molar-refractivity contribution in [1.29, 1.82) is 0 Å². The minimum Gasteiger partial charge on any atom is -0.491 e. The second kappa shape index (κ2) is 5.04. The van der Waals surface area contributed by atoms with Gasteiger partial charge in [0.2, 0.25) is 0 Å². The van der Waals surface area contributed by atoms with E-state index >= 15 is 0 Å². The number of aryl methyl sites for hydroxylation is 1. The highest BCUT2D eigenvalue weighted by molar-refractivity contribution is 7.92. The molecule has 0 saturated carbocycles. The van der Waals surface area contributed by atoms with Gasteiger partial charge >= 0.3 is 0 Å².